The second-order valence-corrected chi connectivity index (χ2v) is 9.44. The molecular weight excluding hydrogens is 424 g/mol. The van der Waals surface area contributed by atoms with Crippen LogP contribution in [0.1, 0.15) is 128 Å². The molecule has 0 saturated carbocycles. The van der Waals surface area contributed by atoms with E-state index in [0.29, 0.717) is 4.47 Å². The lowest BCUT2D eigenvalue weighted by Gasteiger charge is -2.15. The number of unbranched alkanes of at least 4 members (excludes halogenated alkanes) is 14. The first kappa shape index (κ1) is 26.3. The summed E-state index contributed by atoms with van der Waals surface area (Å²) in [6.07, 6.45) is 22.9. The number of phenols is 2. The number of hydrogen-bond acceptors (Lipinski definition) is 2. The molecule has 0 aromatic heterocycles. The molecule has 0 spiro atoms. The summed E-state index contributed by atoms with van der Waals surface area (Å²) in [5, 5.41) is 20.2. The van der Waals surface area contributed by atoms with Crippen LogP contribution < -0.4 is 0 Å². The van der Waals surface area contributed by atoms with Gasteiger partial charge in [0.15, 0.2) is 11.5 Å². The molecule has 168 valence electrons. The van der Waals surface area contributed by atoms with Gasteiger partial charge in [-0.3, -0.25) is 0 Å². The quantitative estimate of drug-likeness (QED) is 0.166. The van der Waals surface area contributed by atoms with Gasteiger partial charge in [0.2, 0.25) is 0 Å². The van der Waals surface area contributed by atoms with Gasteiger partial charge in [0.1, 0.15) is 0 Å². The maximum Gasteiger partial charge on any atom is 0.172 e. The molecule has 0 fully saturated rings. The van der Waals surface area contributed by atoms with E-state index >= 15 is 0 Å². The van der Waals surface area contributed by atoms with Crippen molar-refractivity contribution < 1.29 is 10.2 Å². The van der Waals surface area contributed by atoms with E-state index in [1.807, 2.05) is 0 Å². The number of aromatic hydroxyl groups is 2. The first-order valence-corrected chi connectivity index (χ1v) is 13.1. The number of aryl methyl sites for hydroxylation is 1. The van der Waals surface area contributed by atoms with Crippen LogP contribution in [0.2, 0.25) is 0 Å². The van der Waals surface area contributed by atoms with E-state index in [2.05, 4.69) is 29.8 Å². The Morgan fingerprint density at radius 3 is 1.52 bits per heavy atom. The number of benzene rings is 1. The average molecular weight is 470 g/mol. The molecule has 0 aliphatic carbocycles. The molecule has 2 N–H and O–H groups in total. The summed E-state index contributed by atoms with van der Waals surface area (Å²) in [4.78, 5) is 0. The highest BCUT2D eigenvalue weighted by atomic mass is 79.9. The Kier molecular flexibility index (Phi) is 15.5. The van der Waals surface area contributed by atoms with Gasteiger partial charge in [-0.1, -0.05) is 104 Å². The van der Waals surface area contributed by atoms with Crippen LogP contribution in [-0.4, -0.2) is 10.2 Å². The third kappa shape index (κ3) is 11.3. The third-order valence-electron chi connectivity index (χ3n) is 5.99. The van der Waals surface area contributed by atoms with Crippen LogP contribution >= 0.6 is 15.9 Å². The molecule has 0 radical (unpaired) electrons. The molecule has 2 nitrogen and oxygen atoms in total. The van der Waals surface area contributed by atoms with Crippen molar-refractivity contribution in [2.45, 2.75) is 129 Å². The number of phenolic OH excluding ortho intramolecular Hbond substituents is 2. The summed E-state index contributed by atoms with van der Waals surface area (Å²) < 4.78 is 0.704. The Balaban J connectivity index is 2.41. The van der Waals surface area contributed by atoms with Crippen molar-refractivity contribution in [3.63, 3.8) is 0 Å². The van der Waals surface area contributed by atoms with Crippen molar-refractivity contribution >= 4 is 15.9 Å². The van der Waals surface area contributed by atoms with Crippen molar-refractivity contribution in [3.8, 4) is 11.5 Å². The average Bonchev–Trinajstić information content (AvgIpc) is 2.72. The van der Waals surface area contributed by atoms with E-state index < -0.39 is 0 Å². The summed E-state index contributed by atoms with van der Waals surface area (Å²) in [5.74, 6) is 0.00496. The van der Waals surface area contributed by atoms with E-state index in [-0.39, 0.29) is 11.5 Å². The summed E-state index contributed by atoms with van der Waals surface area (Å²) in [6, 6.07) is 1.79. The second-order valence-electron chi connectivity index (χ2n) is 8.65. The molecule has 0 aliphatic heterocycles. The molecule has 0 bridgehead atoms. The maximum atomic E-state index is 10.2. The van der Waals surface area contributed by atoms with Crippen LogP contribution in [0.4, 0.5) is 0 Å². The minimum atomic E-state index is -0.000704. The fourth-order valence-corrected chi connectivity index (χ4v) is 4.75. The van der Waals surface area contributed by atoms with Gasteiger partial charge in [-0.2, -0.15) is 0 Å². The van der Waals surface area contributed by atoms with E-state index in [9.17, 15) is 10.2 Å². The van der Waals surface area contributed by atoms with Gasteiger partial charge in [-0.15, -0.1) is 0 Å². The topological polar surface area (TPSA) is 40.5 Å². The maximum absolute atomic E-state index is 10.2. The number of halogens is 1. The summed E-state index contributed by atoms with van der Waals surface area (Å²) in [7, 11) is 0. The lowest BCUT2D eigenvalue weighted by molar-refractivity contribution is 0.399. The van der Waals surface area contributed by atoms with Crippen molar-refractivity contribution in [1.82, 2.24) is 0 Å². The number of rotatable bonds is 18. The monoisotopic (exact) mass is 468 g/mol. The Hall–Kier alpha value is -0.700. The molecule has 0 heterocycles. The van der Waals surface area contributed by atoms with Crippen molar-refractivity contribution in [3.05, 3.63) is 21.7 Å². The second kappa shape index (κ2) is 17.0. The van der Waals surface area contributed by atoms with Crippen LogP contribution in [0.3, 0.4) is 0 Å². The Bertz CT molecular complexity index is 542. The highest BCUT2D eigenvalue weighted by Crippen LogP contribution is 2.39. The zero-order chi connectivity index (χ0) is 21.3. The van der Waals surface area contributed by atoms with Crippen LogP contribution in [0.15, 0.2) is 10.5 Å². The Morgan fingerprint density at radius 1 is 0.621 bits per heavy atom. The molecule has 0 unspecified atom stereocenters. The zero-order valence-electron chi connectivity index (χ0n) is 19.1. The fourth-order valence-electron chi connectivity index (χ4n) is 4.10. The first-order valence-electron chi connectivity index (χ1n) is 12.3. The Morgan fingerprint density at radius 2 is 1.03 bits per heavy atom. The van der Waals surface area contributed by atoms with Crippen LogP contribution in [0.25, 0.3) is 0 Å². The van der Waals surface area contributed by atoms with Crippen molar-refractivity contribution in [1.29, 1.82) is 0 Å². The molecule has 1 aromatic rings. The molecule has 0 saturated heterocycles. The SMILES string of the molecule is CCCCCCCCCCc1cc(O)c(O)c(Br)c1CCCCCCCCCC. The van der Waals surface area contributed by atoms with E-state index in [4.69, 9.17) is 0 Å². The summed E-state index contributed by atoms with van der Waals surface area (Å²) in [5.41, 5.74) is 2.41. The first-order chi connectivity index (χ1) is 14.1. The zero-order valence-corrected chi connectivity index (χ0v) is 20.7. The lowest BCUT2D eigenvalue weighted by Crippen LogP contribution is -1.98. The van der Waals surface area contributed by atoms with Gasteiger partial charge in [-0.25, -0.2) is 0 Å². The van der Waals surface area contributed by atoms with Gasteiger partial charge in [-0.05, 0) is 58.8 Å². The predicted octanol–water partition coefficient (Wildman–Crippen LogP) is 9.23. The molecular formula is C26H45BrO2. The van der Waals surface area contributed by atoms with Gasteiger partial charge in [0, 0.05) is 0 Å². The van der Waals surface area contributed by atoms with Crippen molar-refractivity contribution in [2.24, 2.45) is 0 Å². The van der Waals surface area contributed by atoms with Gasteiger partial charge >= 0.3 is 0 Å². The van der Waals surface area contributed by atoms with Gasteiger partial charge < -0.3 is 10.2 Å². The van der Waals surface area contributed by atoms with Crippen LogP contribution in [0.5, 0.6) is 11.5 Å². The van der Waals surface area contributed by atoms with E-state index in [1.165, 1.54) is 101 Å². The lowest BCUT2D eigenvalue weighted by atomic mass is 9.95. The van der Waals surface area contributed by atoms with Crippen LogP contribution in [0, 0.1) is 0 Å². The predicted molar refractivity (Wildman–Crippen MR) is 130 cm³/mol. The largest absolute Gasteiger partial charge is 0.504 e. The summed E-state index contributed by atoms with van der Waals surface area (Å²) >= 11 is 3.54. The normalized spacial score (nSPS) is 11.3. The van der Waals surface area contributed by atoms with Crippen LogP contribution in [-0.2, 0) is 12.8 Å². The van der Waals surface area contributed by atoms with E-state index in [0.717, 1.165) is 25.7 Å². The highest BCUT2D eigenvalue weighted by molar-refractivity contribution is 9.10. The molecule has 3 heteroatoms. The minimum Gasteiger partial charge on any atom is -0.504 e. The Labute approximate surface area is 188 Å². The van der Waals surface area contributed by atoms with E-state index in [1.54, 1.807) is 6.07 Å². The molecule has 1 rings (SSSR count). The molecule has 1 aromatic carbocycles. The van der Waals surface area contributed by atoms with Crippen molar-refractivity contribution in [2.75, 3.05) is 0 Å². The summed E-state index contributed by atoms with van der Waals surface area (Å²) in [6.45, 7) is 4.52. The standard InChI is InChI=1S/C26H45BrO2/c1-3-5-7-9-11-13-15-17-19-22-21-24(28)26(29)25(27)23(22)20-18-16-14-12-10-8-6-4-2/h21,28-29H,3-20H2,1-2H3. The minimum absolute atomic E-state index is 0.000704. The highest BCUT2D eigenvalue weighted by Gasteiger charge is 2.15. The molecule has 0 aliphatic rings. The van der Waals surface area contributed by atoms with Gasteiger partial charge in [0.05, 0.1) is 4.47 Å². The van der Waals surface area contributed by atoms with Gasteiger partial charge in [0.25, 0.3) is 0 Å². The fraction of sp³-hybridized carbons (Fsp3) is 0.769. The molecule has 0 atom stereocenters. The molecule has 0 amide bonds. The smallest absolute Gasteiger partial charge is 0.172 e. The molecule has 29 heavy (non-hydrogen) atoms. The third-order valence-corrected chi connectivity index (χ3v) is 6.85. The number of hydrogen-bond donors (Lipinski definition) is 2.